The van der Waals surface area contributed by atoms with Gasteiger partial charge in [-0.15, -0.1) is 0 Å². The summed E-state index contributed by atoms with van der Waals surface area (Å²) in [5.41, 5.74) is 0. The van der Waals surface area contributed by atoms with Gasteiger partial charge in [-0.05, 0) is 32.6 Å². The first-order valence-corrected chi connectivity index (χ1v) is 5.87. The Kier molecular flexibility index (Phi) is 4.88. The maximum atomic E-state index is 11.9. The first kappa shape index (κ1) is 12.3. The first-order chi connectivity index (χ1) is 7.22. The van der Waals surface area contributed by atoms with Crippen molar-refractivity contribution in [2.24, 2.45) is 5.92 Å². The van der Waals surface area contributed by atoms with E-state index in [0.29, 0.717) is 5.92 Å². The summed E-state index contributed by atoms with van der Waals surface area (Å²) in [6.07, 6.45) is 1.86. The van der Waals surface area contributed by atoms with E-state index in [2.05, 4.69) is 0 Å². The fraction of sp³-hybridized carbons (Fsp3) is 0.909. The van der Waals surface area contributed by atoms with E-state index in [-0.39, 0.29) is 12.6 Å². The van der Waals surface area contributed by atoms with Gasteiger partial charge in [0.25, 0.3) is 0 Å². The fourth-order valence-electron chi connectivity index (χ4n) is 2.12. The van der Waals surface area contributed by atoms with Crippen molar-refractivity contribution in [1.29, 1.82) is 0 Å². The van der Waals surface area contributed by atoms with Crippen molar-refractivity contribution in [3.8, 4) is 0 Å². The standard InChI is InChI=1S/C11H22N2O2/c1-3-12(4-2)11(15)13-7-5-10(9-13)6-8-14/h10,14H,3-9H2,1-2H3. The molecule has 0 aromatic carbocycles. The van der Waals surface area contributed by atoms with Crippen LogP contribution in [0.4, 0.5) is 4.79 Å². The van der Waals surface area contributed by atoms with E-state index in [0.717, 1.165) is 39.0 Å². The summed E-state index contributed by atoms with van der Waals surface area (Å²) in [4.78, 5) is 15.7. The summed E-state index contributed by atoms with van der Waals surface area (Å²) >= 11 is 0. The Morgan fingerprint density at radius 1 is 1.47 bits per heavy atom. The molecule has 0 aromatic rings. The number of aliphatic hydroxyl groups is 1. The van der Waals surface area contributed by atoms with Gasteiger partial charge in [0, 0.05) is 32.8 Å². The molecular weight excluding hydrogens is 192 g/mol. The highest BCUT2D eigenvalue weighted by molar-refractivity contribution is 5.74. The second kappa shape index (κ2) is 5.95. The minimum Gasteiger partial charge on any atom is -0.396 e. The van der Waals surface area contributed by atoms with Gasteiger partial charge in [-0.1, -0.05) is 0 Å². The molecule has 0 aromatic heterocycles. The molecule has 0 spiro atoms. The van der Waals surface area contributed by atoms with E-state index in [1.807, 2.05) is 23.6 Å². The van der Waals surface area contributed by atoms with Crippen molar-refractivity contribution in [1.82, 2.24) is 9.80 Å². The van der Waals surface area contributed by atoms with Gasteiger partial charge in [0.2, 0.25) is 0 Å². The van der Waals surface area contributed by atoms with Crippen LogP contribution in [0.5, 0.6) is 0 Å². The van der Waals surface area contributed by atoms with Crippen molar-refractivity contribution >= 4 is 6.03 Å². The number of carbonyl (C=O) groups is 1. The van der Waals surface area contributed by atoms with Gasteiger partial charge in [-0.25, -0.2) is 4.79 Å². The highest BCUT2D eigenvalue weighted by Crippen LogP contribution is 2.20. The lowest BCUT2D eigenvalue weighted by atomic mass is 10.1. The van der Waals surface area contributed by atoms with Crippen LogP contribution in [0.25, 0.3) is 0 Å². The average molecular weight is 214 g/mol. The van der Waals surface area contributed by atoms with E-state index in [1.165, 1.54) is 0 Å². The van der Waals surface area contributed by atoms with E-state index in [9.17, 15) is 4.79 Å². The van der Waals surface area contributed by atoms with E-state index >= 15 is 0 Å². The molecule has 1 atom stereocenters. The van der Waals surface area contributed by atoms with Crippen LogP contribution in [0, 0.1) is 5.92 Å². The van der Waals surface area contributed by atoms with Crippen molar-refractivity contribution < 1.29 is 9.90 Å². The zero-order valence-corrected chi connectivity index (χ0v) is 9.78. The molecule has 1 aliphatic rings. The highest BCUT2D eigenvalue weighted by Gasteiger charge is 2.27. The van der Waals surface area contributed by atoms with Crippen LogP contribution in [0.3, 0.4) is 0 Å². The molecule has 1 rings (SSSR count). The Morgan fingerprint density at radius 2 is 2.13 bits per heavy atom. The predicted octanol–water partition coefficient (Wildman–Crippen LogP) is 1.15. The molecule has 88 valence electrons. The third-order valence-corrected chi connectivity index (χ3v) is 3.13. The number of aliphatic hydroxyl groups excluding tert-OH is 1. The van der Waals surface area contributed by atoms with Gasteiger partial charge < -0.3 is 14.9 Å². The molecule has 2 amide bonds. The lowest BCUT2D eigenvalue weighted by Gasteiger charge is -2.25. The second-order valence-corrected chi connectivity index (χ2v) is 4.07. The quantitative estimate of drug-likeness (QED) is 0.763. The number of urea groups is 1. The maximum Gasteiger partial charge on any atom is 0.319 e. The van der Waals surface area contributed by atoms with Crippen molar-refractivity contribution in [3.05, 3.63) is 0 Å². The molecule has 1 aliphatic heterocycles. The van der Waals surface area contributed by atoms with Crippen LogP contribution < -0.4 is 0 Å². The Labute approximate surface area is 91.9 Å². The average Bonchev–Trinajstić information content (AvgIpc) is 2.68. The maximum absolute atomic E-state index is 11.9. The number of rotatable bonds is 4. The summed E-state index contributed by atoms with van der Waals surface area (Å²) in [7, 11) is 0. The molecule has 1 fully saturated rings. The van der Waals surface area contributed by atoms with Crippen molar-refractivity contribution in [2.75, 3.05) is 32.8 Å². The molecule has 4 heteroatoms. The van der Waals surface area contributed by atoms with Gasteiger partial charge in [-0.3, -0.25) is 0 Å². The van der Waals surface area contributed by atoms with Gasteiger partial charge in [0.15, 0.2) is 0 Å². The van der Waals surface area contributed by atoms with Crippen molar-refractivity contribution in [2.45, 2.75) is 26.7 Å². The molecule has 1 N–H and O–H groups in total. The Hall–Kier alpha value is -0.770. The van der Waals surface area contributed by atoms with Gasteiger partial charge >= 0.3 is 6.03 Å². The molecule has 0 aliphatic carbocycles. The van der Waals surface area contributed by atoms with E-state index in [4.69, 9.17) is 5.11 Å². The number of amides is 2. The van der Waals surface area contributed by atoms with Gasteiger partial charge in [0.05, 0.1) is 0 Å². The molecule has 0 radical (unpaired) electrons. The van der Waals surface area contributed by atoms with Crippen LogP contribution in [-0.4, -0.2) is 53.7 Å². The lowest BCUT2D eigenvalue weighted by molar-refractivity contribution is 0.164. The number of likely N-dealkylation sites (tertiary alicyclic amines) is 1. The van der Waals surface area contributed by atoms with E-state index in [1.54, 1.807) is 0 Å². The smallest absolute Gasteiger partial charge is 0.319 e. The van der Waals surface area contributed by atoms with Crippen LogP contribution >= 0.6 is 0 Å². The third-order valence-electron chi connectivity index (χ3n) is 3.13. The van der Waals surface area contributed by atoms with Crippen LogP contribution in [-0.2, 0) is 0 Å². The molecule has 1 heterocycles. The number of nitrogens with zero attached hydrogens (tertiary/aromatic N) is 2. The van der Waals surface area contributed by atoms with Crippen LogP contribution in [0.15, 0.2) is 0 Å². The third kappa shape index (κ3) is 3.09. The second-order valence-electron chi connectivity index (χ2n) is 4.07. The van der Waals surface area contributed by atoms with E-state index < -0.39 is 0 Å². The zero-order chi connectivity index (χ0) is 11.3. The van der Waals surface area contributed by atoms with Crippen LogP contribution in [0.2, 0.25) is 0 Å². The fourth-order valence-corrected chi connectivity index (χ4v) is 2.12. The van der Waals surface area contributed by atoms with Crippen molar-refractivity contribution in [3.63, 3.8) is 0 Å². The molecule has 0 saturated carbocycles. The SMILES string of the molecule is CCN(CC)C(=O)N1CCC(CCO)C1. The Bertz CT molecular complexity index is 205. The van der Waals surface area contributed by atoms with Crippen LogP contribution in [0.1, 0.15) is 26.7 Å². The summed E-state index contributed by atoms with van der Waals surface area (Å²) in [6, 6.07) is 0.153. The highest BCUT2D eigenvalue weighted by atomic mass is 16.3. The number of carbonyl (C=O) groups excluding carboxylic acids is 1. The summed E-state index contributed by atoms with van der Waals surface area (Å²) in [5, 5.41) is 8.84. The minimum atomic E-state index is 0.153. The molecule has 15 heavy (non-hydrogen) atoms. The Balaban J connectivity index is 2.42. The monoisotopic (exact) mass is 214 g/mol. The predicted molar refractivity (Wildman–Crippen MR) is 59.7 cm³/mol. The van der Waals surface area contributed by atoms with Gasteiger partial charge in [-0.2, -0.15) is 0 Å². The summed E-state index contributed by atoms with van der Waals surface area (Å²) in [5.74, 6) is 0.495. The lowest BCUT2D eigenvalue weighted by Crippen LogP contribution is -2.41. The Morgan fingerprint density at radius 3 is 2.67 bits per heavy atom. The largest absolute Gasteiger partial charge is 0.396 e. The first-order valence-electron chi connectivity index (χ1n) is 5.87. The number of hydrogen-bond donors (Lipinski definition) is 1. The minimum absolute atomic E-state index is 0.153. The van der Waals surface area contributed by atoms with Gasteiger partial charge in [0.1, 0.15) is 0 Å². The number of hydrogen-bond acceptors (Lipinski definition) is 2. The molecule has 4 nitrogen and oxygen atoms in total. The topological polar surface area (TPSA) is 43.8 Å². The molecule has 1 unspecified atom stereocenters. The molecule has 0 bridgehead atoms. The summed E-state index contributed by atoms with van der Waals surface area (Å²) in [6.45, 7) is 7.45. The molecular formula is C11H22N2O2. The zero-order valence-electron chi connectivity index (χ0n) is 9.78. The normalized spacial score (nSPS) is 20.7. The summed E-state index contributed by atoms with van der Waals surface area (Å²) < 4.78 is 0. The molecule has 1 saturated heterocycles.